The number of hydrogen-bond acceptors (Lipinski definition) is 4. The number of nitrogens with one attached hydrogen (secondary N) is 1. The molecule has 0 bridgehead atoms. The zero-order valence-corrected chi connectivity index (χ0v) is 12.0. The van der Waals surface area contributed by atoms with Crippen LogP contribution in [0.2, 0.25) is 0 Å². The largest absolute Gasteiger partial charge is 0.496 e. The summed E-state index contributed by atoms with van der Waals surface area (Å²) in [5, 5.41) is 15.6. The van der Waals surface area contributed by atoms with E-state index in [1.54, 1.807) is 18.4 Å². The van der Waals surface area contributed by atoms with Gasteiger partial charge in [0.05, 0.1) is 13.2 Å². The lowest BCUT2D eigenvalue weighted by Crippen LogP contribution is -2.21. The summed E-state index contributed by atoms with van der Waals surface area (Å²) in [6.07, 6.45) is -0.560. The number of aliphatic hydroxyl groups excluding tert-OH is 1. The summed E-state index contributed by atoms with van der Waals surface area (Å²) in [5.74, 6) is 0.732. The maximum atomic E-state index is 10.2. The maximum absolute atomic E-state index is 10.2. The molecule has 2 aromatic rings. The molecule has 0 aliphatic carbocycles. The van der Waals surface area contributed by atoms with Crippen LogP contribution in [-0.2, 0) is 6.54 Å². The van der Waals surface area contributed by atoms with Gasteiger partial charge in [-0.05, 0) is 30.5 Å². The highest BCUT2D eigenvalue weighted by Gasteiger charge is 2.13. The van der Waals surface area contributed by atoms with E-state index < -0.39 is 6.10 Å². The van der Waals surface area contributed by atoms with Crippen LogP contribution >= 0.6 is 11.3 Å². The first-order valence-electron chi connectivity index (χ1n) is 6.26. The molecule has 0 saturated carbocycles. The smallest absolute Gasteiger partial charge is 0.124 e. The van der Waals surface area contributed by atoms with Gasteiger partial charge >= 0.3 is 0 Å². The number of ether oxygens (including phenoxy) is 1. The van der Waals surface area contributed by atoms with Crippen molar-refractivity contribution < 1.29 is 9.84 Å². The van der Waals surface area contributed by atoms with Crippen LogP contribution in [0.1, 0.15) is 22.1 Å². The van der Waals surface area contributed by atoms with Gasteiger partial charge in [-0.1, -0.05) is 17.7 Å². The summed E-state index contributed by atoms with van der Waals surface area (Å²) in [6, 6.07) is 9.95. The molecule has 0 fully saturated rings. The van der Waals surface area contributed by atoms with Crippen LogP contribution in [0, 0.1) is 6.92 Å². The van der Waals surface area contributed by atoms with Gasteiger partial charge in [0, 0.05) is 23.5 Å². The first kappa shape index (κ1) is 14.1. The van der Waals surface area contributed by atoms with Gasteiger partial charge in [0.25, 0.3) is 0 Å². The van der Waals surface area contributed by atoms with E-state index in [0.717, 1.165) is 23.4 Å². The SMILES string of the molecule is COc1ccc(C)cc1C(O)CNCc1cccs1. The molecular weight excluding hydrogens is 258 g/mol. The molecular formula is C15H19NO2S. The van der Waals surface area contributed by atoms with E-state index in [4.69, 9.17) is 4.74 Å². The fraction of sp³-hybridized carbons (Fsp3) is 0.333. The van der Waals surface area contributed by atoms with Crippen LogP contribution in [0.3, 0.4) is 0 Å². The average Bonchev–Trinajstić information content (AvgIpc) is 2.91. The maximum Gasteiger partial charge on any atom is 0.124 e. The molecule has 3 nitrogen and oxygen atoms in total. The summed E-state index contributed by atoms with van der Waals surface area (Å²) in [4.78, 5) is 1.27. The Kier molecular flexibility index (Phi) is 4.96. The number of methoxy groups -OCH3 is 1. The molecule has 0 radical (unpaired) electrons. The first-order valence-corrected chi connectivity index (χ1v) is 7.14. The van der Waals surface area contributed by atoms with Gasteiger partial charge < -0.3 is 15.2 Å². The zero-order chi connectivity index (χ0) is 13.7. The van der Waals surface area contributed by atoms with Crippen molar-refractivity contribution in [3.8, 4) is 5.75 Å². The highest BCUT2D eigenvalue weighted by molar-refractivity contribution is 7.09. The van der Waals surface area contributed by atoms with Crippen molar-refractivity contribution in [2.75, 3.05) is 13.7 Å². The molecule has 1 aromatic heterocycles. The summed E-state index contributed by atoms with van der Waals surface area (Å²) in [6.45, 7) is 3.30. The second-order valence-corrected chi connectivity index (χ2v) is 5.50. The van der Waals surface area contributed by atoms with Crippen molar-refractivity contribution in [3.63, 3.8) is 0 Å². The Morgan fingerprint density at radius 1 is 1.37 bits per heavy atom. The van der Waals surface area contributed by atoms with E-state index in [2.05, 4.69) is 16.8 Å². The molecule has 0 aliphatic heterocycles. The Bertz CT molecular complexity index is 511. The molecule has 1 atom stereocenters. The number of rotatable bonds is 6. The van der Waals surface area contributed by atoms with E-state index >= 15 is 0 Å². The molecule has 0 saturated heterocycles. The lowest BCUT2D eigenvalue weighted by molar-refractivity contribution is 0.170. The molecule has 4 heteroatoms. The van der Waals surface area contributed by atoms with E-state index in [0.29, 0.717) is 6.54 Å². The Morgan fingerprint density at radius 3 is 2.89 bits per heavy atom. The van der Waals surface area contributed by atoms with Crippen molar-refractivity contribution in [2.24, 2.45) is 0 Å². The number of benzene rings is 1. The standard InChI is InChI=1S/C15H19NO2S/c1-11-5-6-15(18-2)13(8-11)14(17)10-16-9-12-4-3-7-19-12/h3-8,14,16-17H,9-10H2,1-2H3. The van der Waals surface area contributed by atoms with Gasteiger partial charge in [-0.25, -0.2) is 0 Å². The van der Waals surface area contributed by atoms with Gasteiger partial charge in [-0.2, -0.15) is 0 Å². The van der Waals surface area contributed by atoms with Crippen molar-refractivity contribution in [2.45, 2.75) is 19.6 Å². The molecule has 2 N–H and O–H groups in total. The van der Waals surface area contributed by atoms with E-state index in [9.17, 15) is 5.11 Å². The monoisotopic (exact) mass is 277 g/mol. The number of hydrogen-bond donors (Lipinski definition) is 2. The molecule has 0 amide bonds. The van der Waals surface area contributed by atoms with Gasteiger partial charge in [-0.15, -0.1) is 11.3 Å². The lowest BCUT2D eigenvalue weighted by Gasteiger charge is -2.16. The van der Waals surface area contributed by atoms with E-state index in [1.165, 1.54) is 4.88 Å². The van der Waals surface area contributed by atoms with Crippen molar-refractivity contribution >= 4 is 11.3 Å². The third-order valence-electron chi connectivity index (χ3n) is 2.96. The van der Waals surface area contributed by atoms with Gasteiger partial charge in [-0.3, -0.25) is 0 Å². The first-order chi connectivity index (χ1) is 9.20. The highest BCUT2D eigenvalue weighted by Crippen LogP contribution is 2.25. The molecule has 0 aliphatic rings. The summed E-state index contributed by atoms with van der Waals surface area (Å²) in [7, 11) is 1.62. The molecule has 2 rings (SSSR count). The summed E-state index contributed by atoms with van der Waals surface area (Å²) < 4.78 is 5.29. The molecule has 102 valence electrons. The molecule has 1 unspecified atom stereocenters. The van der Waals surface area contributed by atoms with Gasteiger partial charge in [0.1, 0.15) is 5.75 Å². The summed E-state index contributed by atoms with van der Waals surface area (Å²) in [5.41, 5.74) is 1.95. The van der Waals surface area contributed by atoms with Crippen LogP contribution in [0.4, 0.5) is 0 Å². The van der Waals surface area contributed by atoms with Crippen molar-refractivity contribution in [1.29, 1.82) is 0 Å². The van der Waals surface area contributed by atoms with Gasteiger partial charge in [0.2, 0.25) is 0 Å². The Labute approximate surface area is 117 Å². The number of aryl methyl sites for hydroxylation is 1. The van der Waals surface area contributed by atoms with Crippen LogP contribution in [0.15, 0.2) is 35.7 Å². The third kappa shape index (κ3) is 3.80. The summed E-state index contributed by atoms with van der Waals surface area (Å²) >= 11 is 1.71. The number of thiophene rings is 1. The minimum absolute atomic E-state index is 0.512. The van der Waals surface area contributed by atoms with Crippen LogP contribution in [-0.4, -0.2) is 18.8 Å². The van der Waals surface area contributed by atoms with Crippen LogP contribution < -0.4 is 10.1 Å². The second-order valence-electron chi connectivity index (χ2n) is 4.47. The van der Waals surface area contributed by atoms with Crippen molar-refractivity contribution in [3.05, 3.63) is 51.7 Å². The Hall–Kier alpha value is -1.36. The minimum Gasteiger partial charge on any atom is -0.496 e. The quantitative estimate of drug-likeness (QED) is 0.853. The van der Waals surface area contributed by atoms with Gasteiger partial charge in [0.15, 0.2) is 0 Å². The minimum atomic E-state index is -0.560. The molecule has 1 aromatic carbocycles. The zero-order valence-electron chi connectivity index (χ0n) is 11.2. The fourth-order valence-electron chi connectivity index (χ4n) is 1.97. The average molecular weight is 277 g/mol. The Balaban J connectivity index is 1.95. The van der Waals surface area contributed by atoms with Crippen LogP contribution in [0.5, 0.6) is 5.75 Å². The second kappa shape index (κ2) is 6.70. The van der Waals surface area contributed by atoms with E-state index in [1.807, 2.05) is 31.2 Å². The third-order valence-corrected chi connectivity index (χ3v) is 3.84. The molecule has 1 heterocycles. The van der Waals surface area contributed by atoms with Crippen molar-refractivity contribution in [1.82, 2.24) is 5.32 Å². The predicted octanol–water partition coefficient (Wildman–Crippen LogP) is 2.89. The Morgan fingerprint density at radius 2 is 2.21 bits per heavy atom. The highest BCUT2D eigenvalue weighted by atomic mass is 32.1. The molecule has 0 spiro atoms. The fourth-order valence-corrected chi connectivity index (χ4v) is 2.64. The number of aliphatic hydroxyl groups is 1. The lowest BCUT2D eigenvalue weighted by atomic mass is 10.1. The molecule has 19 heavy (non-hydrogen) atoms. The predicted molar refractivity (Wildman–Crippen MR) is 78.7 cm³/mol. The van der Waals surface area contributed by atoms with Crippen LogP contribution in [0.25, 0.3) is 0 Å². The van der Waals surface area contributed by atoms with E-state index in [-0.39, 0.29) is 0 Å². The normalized spacial score (nSPS) is 12.4. The topological polar surface area (TPSA) is 41.5 Å².